The Kier molecular flexibility index (Phi) is 8.24. The number of hydrogen-bond acceptors (Lipinski definition) is 3. The third kappa shape index (κ3) is 4.91. The number of halogens is 13. The molecule has 0 bridgehead atoms. The second-order valence-corrected chi connectivity index (χ2v) is 6.77. The van der Waals surface area contributed by atoms with Gasteiger partial charge in [-0.25, -0.2) is 4.79 Å². The van der Waals surface area contributed by atoms with E-state index in [1.807, 2.05) is 0 Å². The molecule has 1 aromatic carbocycles. The molecule has 0 amide bonds. The molecular formula is C18H15F13O3. The molecule has 0 fully saturated rings. The number of carbonyl (C=O) groups is 1. The first-order valence-electron chi connectivity index (χ1n) is 8.88. The highest BCUT2D eigenvalue weighted by atomic mass is 19.4. The van der Waals surface area contributed by atoms with Crippen molar-refractivity contribution in [3.8, 4) is 0 Å². The maximum Gasteiger partial charge on any atom is 0.460 e. The number of esters is 1. The van der Waals surface area contributed by atoms with Crippen LogP contribution in [0.1, 0.15) is 35.4 Å². The summed E-state index contributed by atoms with van der Waals surface area (Å²) in [5.41, 5.74) is -0.653. The predicted octanol–water partition coefficient (Wildman–Crippen LogP) is 6.68. The number of carbonyl (C=O) groups excluding carboxylic acids is 1. The van der Waals surface area contributed by atoms with Crippen LogP contribution in [0, 0.1) is 0 Å². The molecule has 1 atom stereocenters. The molecule has 0 aliphatic rings. The highest BCUT2D eigenvalue weighted by Crippen LogP contribution is 2.61. The zero-order chi connectivity index (χ0) is 27.0. The number of rotatable bonds is 10. The molecule has 0 heterocycles. The largest absolute Gasteiger partial charge is 0.462 e. The van der Waals surface area contributed by atoms with E-state index < -0.39 is 59.8 Å². The number of methoxy groups -OCH3 is 1. The van der Waals surface area contributed by atoms with Crippen molar-refractivity contribution in [2.45, 2.75) is 55.2 Å². The van der Waals surface area contributed by atoms with Gasteiger partial charge in [0.1, 0.15) is 0 Å². The standard InChI is InChI=1S/C18H15F13O3/c1-3-34-12(32)10-6-4-9(5-7-10)11(33-2)8-13(19,20)14(21,22)15(23,24)16(25,26)17(27,28)18(29,30)31/h4-7,11H,3,8H2,1-2H3. The molecule has 1 unspecified atom stereocenters. The van der Waals surface area contributed by atoms with Crippen LogP contribution >= 0.6 is 0 Å². The van der Waals surface area contributed by atoms with Gasteiger partial charge in [-0.2, -0.15) is 57.1 Å². The van der Waals surface area contributed by atoms with Crippen molar-refractivity contribution in [2.75, 3.05) is 13.7 Å². The first kappa shape index (κ1) is 29.8. The molecule has 0 aromatic heterocycles. The van der Waals surface area contributed by atoms with Gasteiger partial charge in [-0.3, -0.25) is 0 Å². The first-order chi connectivity index (χ1) is 15.1. The van der Waals surface area contributed by atoms with Crippen LogP contribution in [-0.2, 0) is 9.47 Å². The molecule has 1 aromatic rings. The van der Waals surface area contributed by atoms with E-state index >= 15 is 0 Å². The SMILES string of the molecule is CCOC(=O)c1ccc(C(CC(F)(F)C(F)(F)C(F)(F)C(F)(F)C(F)(F)C(F)(F)F)OC)cc1. The maximum absolute atomic E-state index is 14.1. The van der Waals surface area contributed by atoms with Crippen molar-refractivity contribution >= 4 is 5.97 Å². The Balaban J connectivity index is 3.33. The summed E-state index contributed by atoms with van der Waals surface area (Å²) in [5, 5.41) is 0. The van der Waals surface area contributed by atoms with Crippen LogP contribution in [0.15, 0.2) is 24.3 Å². The lowest BCUT2D eigenvalue weighted by molar-refractivity contribution is -0.440. The van der Waals surface area contributed by atoms with Crippen molar-refractivity contribution in [1.29, 1.82) is 0 Å². The van der Waals surface area contributed by atoms with Crippen LogP contribution in [-0.4, -0.2) is 55.5 Å². The highest BCUT2D eigenvalue weighted by Gasteiger charge is 2.90. The lowest BCUT2D eigenvalue weighted by Crippen LogP contribution is -2.70. The number of alkyl halides is 13. The molecular weight excluding hydrogens is 511 g/mol. The Morgan fingerprint density at radius 2 is 1.21 bits per heavy atom. The molecule has 16 heteroatoms. The number of benzene rings is 1. The van der Waals surface area contributed by atoms with Crippen molar-refractivity contribution in [3.05, 3.63) is 35.4 Å². The van der Waals surface area contributed by atoms with Gasteiger partial charge >= 0.3 is 41.8 Å². The van der Waals surface area contributed by atoms with Crippen LogP contribution in [0.3, 0.4) is 0 Å². The molecule has 34 heavy (non-hydrogen) atoms. The van der Waals surface area contributed by atoms with Gasteiger partial charge in [-0.05, 0) is 24.6 Å². The third-order valence-corrected chi connectivity index (χ3v) is 4.52. The van der Waals surface area contributed by atoms with E-state index in [1.165, 1.54) is 6.92 Å². The minimum atomic E-state index is -7.96. The van der Waals surface area contributed by atoms with Crippen LogP contribution in [0.2, 0.25) is 0 Å². The van der Waals surface area contributed by atoms with Crippen molar-refractivity contribution in [2.24, 2.45) is 0 Å². The molecule has 0 aliphatic carbocycles. The number of ether oxygens (including phenoxy) is 2. The molecule has 0 saturated heterocycles. The first-order valence-corrected chi connectivity index (χ1v) is 8.88. The average molecular weight is 526 g/mol. The topological polar surface area (TPSA) is 35.5 Å². The summed E-state index contributed by atoms with van der Waals surface area (Å²) in [6, 6.07) is 3.48. The van der Waals surface area contributed by atoms with Crippen LogP contribution in [0.4, 0.5) is 57.1 Å². The lowest BCUT2D eigenvalue weighted by atomic mass is 9.90. The Hall–Kier alpha value is -2.26. The van der Waals surface area contributed by atoms with Crippen molar-refractivity contribution < 1.29 is 71.3 Å². The normalized spacial score (nSPS) is 15.3. The van der Waals surface area contributed by atoms with Gasteiger partial charge in [0, 0.05) is 13.5 Å². The Labute approximate surface area is 182 Å². The molecule has 196 valence electrons. The summed E-state index contributed by atoms with van der Waals surface area (Å²) in [5.74, 6) is -38.2. The maximum atomic E-state index is 14.1. The quantitative estimate of drug-likeness (QED) is 0.252. The lowest BCUT2D eigenvalue weighted by Gasteiger charge is -2.40. The summed E-state index contributed by atoms with van der Waals surface area (Å²) in [6.07, 6.45) is -12.3. The van der Waals surface area contributed by atoms with Crippen LogP contribution in [0.25, 0.3) is 0 Å². The van der Waals surface area contributed by atoms with E-state index in [0.29, 0.717) is 7.11 Å². The van der Waals surface area contributed by atoms with Gasteiger partial charge in [0.15, 0.2) is 0 Å². The summed E-state index contributed by atoms with van der Waals surface area (Å²) in [6.45, 7) is 1.38. The van der Waals surface area contributed by atoms with E-state index in [1.54, 1.807) is 0 Å². The van der Waals surface area contributed by atoms with Gasteiger partial charge in [0.05, 0.1) is 18.3 Å². The zero-order valence-corrected chi connectivity index (χ0v) is 16.9. The zero-order valence-electron chi connectivity index (χ0n) is 16.9. The van der Waals surface area contributed by atoms with Gasteiger partial charge in [-0.1, -0.05) is 12.1 Å². The summed E-state index contributed by atoms with van der Waals surface area (Å²) >= 11 is 0. The fourth-order valence-corrected chi connectivity index (χ4v) is 2.55. The average Bonchev–Trinajstić information content (AvgIpc) is 2.70. The van der Waals surface area contributed by atoms with Gasteiger partial charge in [0.2, 0.25) is 0 Å². The van der Waals surface area contributed by atoms with Gasteiger partial charge in [0.25, 0.3) is 0 Å². The third-order valence-electron chi connectivity index (χ3n) is 4.52. The van der Waals surface area contributed by atoms with E-state index in [4.69, 9.17) is 0 Å². The molecule has 0 saturated carbocycles. The van der Waals surface area contributed by atoms with Crippen molar-refractivity contribution in [1.82, 2.24) is 0 Å². The number of hydrogen-bond donors (Lipinski definition) is 0. The molecule has 0 N–H and O–H groups in total. The van der Waals surface area contributed by atoms with E-state index in [9.17, 15) is 61.9 Å². The second kappa shape index (κ2) is 9.41. The fourth-order valence-electron chi connectivity index (χ4n) is 2.55. The minimum absolute atomic E-state index is 0.0607. The molecule has 0 aliphatic heterocycles. The van der Waals surface area contributed by atoms with Gasteiger partial charge in [-0.15, -0.1) is 0 Å². The van der Waals surface area contributed by atoms with E-state index in [2.05, 4.69) is 9.47 Å². The summed E-state index contributed by atoms with van der Waals surface area (Å²) < 4.78 is 181. The fraction of sp³-hybridized carbons (Fsp3) is 0.611. The Bertz CT molecular complexity index is 848. The van der Waals surface area contributed by atoms with Crippen molar-refractivity contribution in [3.63, 3.8) is 0 Å². The Morgan fingerprint density at radius 3 is 1.59 bits per heavy atom. The smallest absolute Gasteiger partial charge is 0.460 e. The van der Waals surface area contributed by atoms with Crippen LogP contribution in [0.5, 0.6) is 0 Å². The summed E-state index contributed by atoms with van der Waals surface area (Å²) in [7, 11) is 0.600. The van der Waals surface area contributed by atoms with Gasteiger partial charge < -0.3 is 9.47 Å². The predicted molar refractivity (Wildman–Crippen MR) is 87.6 cm³/mol. The molecule has 0 radical (unpaired) electrons. The molecule has 3 nitrogen and oxygen atoms in total. The molecule has 1 rings (SSSR count). The minimum Gasteiger partial charge on any atom is -0.462 e. The monoisotopic (exact) mass is 526 g/mol. The molecule has 0 spiro atoms. The Morgan fingerprint density at radius 1 is 0.765 bits per heavy atom. The van der Waals surface area contributed by atoms with E-state index in [-0.39, 0.29) is 12.2 Å². The van der Waals surface area contributed by atoms with Crippen LogP contribution < -0.4 is 0 Å². The highest BCUT2D eigenvalue weighted by molar-refractivity contribution is 5.89. The summed E-state index contributed by atoms with van der Waals surface area (Å²) in [4.78, 5) is 11.5. The second-order valence-electron chi connectivity index (χ2n) is 6.77. The van der Waals surface area contributed by atoms with E-state index in [0.717, 1.165) is 24.3 Å².